The van der Waals surface area contributed by atoms with Gasteiger partial charge in [0.25, 0.3) is 6.67 Å². The molecule has 0 aromatic carbocycles. The van der Waals surface area contributed by atoms with E-state index in [1.807, 2.05) is 0 Å². The smallest absolute Gasteiger partial charge is 0.270 e. The Morgan fingerprint density at radius 3 is 2.00 bits per heavy atom. The van der Waals surface area contributed by atoms with Crippen molar-refractivity contribution in [1.82, 2.24) is 4.90 Å². The highest BCUT2D eigenvalue weighted by molar-refractivity contribution is 4.58. The van der Waals surface area contributed by atoms with E-state index in [1.54, 1.807) is 0 Å². The summed E-state index contributed by atoms with van der Waals surface area (Å²) in [5, 5.41) is 0. The van der Waals surface area contributed by atoms with Crippen molar-refractivity contribution in [3.8, 4) is 0 Å². The first kappa shape index (κ1) is 7.45. The molecule has 0 saturated heterocycles. The van der Waals surface area contributed by atoms with Crippen LogP contribution in [0.1, 0.15) is 13.8 Å². The molecule has 0 fully saturated rings. The molecule has 0 saturated carbocycles. The van der Waals surface area contributed by atoms with E-state index >= 15 is 0 Å². The Morgan fingerprint density at radius 2 is 1.88 bits per heavy atom. The molecule has 0 aliphatic rings. The first-order valence-corrected chi connectivity index (χ1v) is 2.90. The zero-order valence-corrected chi connectivity index (χ0v) is 5.52. The van der Waals surface area contributed by atoms with Gasteiger partial charge in [-0.2, -0.15) is 0 Å². The van der Waals surface area contributed by atoms with E-state index in [-0.39, 0.29) is 0 Å². The zero-order valence-electron chi connectivity index (χ0n) is 5.52. The molecule has 0 aliphatic heterocycles. The second-order valence-corrected chi connectivity index (χ2v) is 1.60. The van der Waals surface area contributed by atoms with Gasteiger partial charge in [-0.3, -0.25) is 4.85 Å². The van der Waals surface area contributed by atoms with Gasteiger partial charge in [0, 0.05) is 13.1 Å². The molecule has 0 bridgehead atoms. The summed E-state index contributed by atoms with van der Waals surface area (Å²) in [7, 11) is 0. The van der Waals surface area contributed by atoms with Gasteiger partial charge in [0.2, 0.25) is 0 Å². The van der Waals surface area contributed by atoms with Gasteiger partial charge in [-0.05, 0) is 0 Å². The minimum atomic E-state index is 0.549. The highest BCUT2D eigenvalue weighted by Gasteiger charge is 1.96. The van der Waals surface area contributed by atoms with E-state index in [4.69, 9.17) is 6.57 Å². The second kappa shape index (κ2) is 4.61. The predicted molar refractivity (Wildman–Crippen MR) is 34.4 cm³/mol. The summed E-state index contributed by atoms with van der Waals surface area (Å²) < 4.78 is 0. The molecule has 0 rings (SSSR count). The lowest BCUT2D eigenvalue weighted by Gasteiger charge is -2.08. The average molecular weight is 112 g/mol. The summed E-state index contributed by atoms with van der Waals surface area (Å²) in [6.07, 6.45) is 0. The van der Waals surface area contributed by atoms with Crippen molar-refractivity contribution in [3.63, 3.8) is 0 Å². The third-order valence-electron chi connectivity index (χ3n) is 1.17. The van der Waals surface area contributed by atoms with Crippen LogP contribution >= 0.6 is 0 Å². The highest BCUT2D eigenvalue weighted by Crippen LogP contribution is 1.84. The Labute approximate surface area is 50.9 Å². The Bertz CT molecular complexity index is 79.0. The molecule has 0 N–H and O–H groups in total. The van der Waals surface area contributed by atoms with Crippen LogP contribution < -0.4 is 0 Å². The van der Waals surface area contributed by atoms with Crippen molar-refractivity contribution < 1.29 is 0 Å². The zero-order chi connectivity index (χ0) is 6.41. The van der Waals surface area contributed by atoms with Crippen LogP contribution in [0.5, 0.6) is 0 Å². The summed E-state index contributed by atoms with van der Waals surface area (Å²) in [6, 6.07) is 0. The molecule has 0 spiro atoms. The summed E-state index contributed by atoms with van der Waals surface area (Å²) in [5.41, 5.74) is 0. The van der Waals surface area contributed by atoms with Crippen LogP contribution in [0, 0.1) is 6.57 Å². The van der Waals surface area contributed by atoms with Gasteiger partial charge in [0.05, 0.1) is 0 Å². The standard InChI is InChI=1S/C6H12N2/c1-4-8(5-2)6-7-3/h4-6H2,1-2H3. The molecular weight excluding hydrogens is 100 g/mol. The molecular formula is C6H12N2. The molecule has 0 unspecified atom stereocenters. The number of hydrogen-bond acceptors (Lipinski definition) is 1. The number of hydrogen-bond donors (Lipinski definition) is 0. The van der Waals surface area contributed by atoms with E-state index in [0.29, 0.717) is 6.67 Å². The lowest BCUT2D eigenvalue weighted by molar-refractivity contribution is 0.336. The van der Waals surface area contributed by atoms with Gasteiger partial charge in [0.1, 0.15) is 0 Å². The number of rotatable bonds is 3. The Kier molecular flexibility index (Phi) is 4.29. The minimum Gasteiger partial charge on any atom is -0.299 e. The maximum atomic E-state index is 6.52. The summed E-state index contributed by atoms with van der Waals surface area (Å²) in [6.45, 7) is 13.2. The lowest BCUT2D eigenvalue weighted by atomic mass is 10.6. The maximum Gasteiger partial charge on any atom is 0.270 e. The van der Waals surface area contributed by atoms with Crippen molar-refractivity contribution in [2.24, 2.45) is 0 Å². The van der Waals surface area contributed by atoms with Gasteiger partial charge in [-0.25, -0.2) is 11.5 Å². The van der Waals surface area contributed by atoms with E-state index in [2.05, 4.69) is 23.6 Å². The van der Waals surface area contributed by atoms with Crippen molar-refractivity contribution in [2.75, 3.05) is 19.8 Å². The molecule has 2 nitrogen and oxygen atoms in total. The van der Waals surface area contributed by atoms with Gasteiger partial charge < -0.3 is 0 Å². The fourth-order valence-electron chi connectivity index (χ4n) is 0.524. The quantitative estimate of drug-likeness (QED) is 0.498. The highest BCUT2D eigenvalue weighted by atomic mass is 15.2. The SMILES string of the molecule is [C-]#[N+]CN(CC)CC. The van der Waals surface area contributed by atoms with Gasteiger partial charge in [0.15, 0.2) is 0 Å². The Balaban J connectivity index is 3.25. The topological polar surface area (TPSA) is 7.60 Å². The van der Waals surface area contributed by atoms with Gasteiger partial charge in [-0.1, -0.05) is 13.8 Å². The van der Waals surface area contributed by atoms with Crippen LogP contribution in [0.2, 0.25) is 0 Å². The summed E-state index contributed by atoms with van der Waals surface area (Å²) in [4.78, 5) is 5.33. The van der Waals surface area contributed by atoms with Crippen LogP contribution in [-0.2, 0) is 0 Å². The third kappa shape index (κ3) is 2.59. The minimum absolute atomic E-state index is 0.549. The summed E-state index contributed by atoms with van der Waals surface area (Å²) >= 11 is 0. The van der Waals surface area contributed by atoms with Crippen molar-refractivity contribution >= 4 is 0 Å². The summed E-state index contributed by atoms with van der Waals surface area (Å²) in [5.74, 6) is 0. The van der Waals surface area contributed by atoms with E-state index in [1.165, 1.54) is 0 Å². The predicted octanol–water partition coefficient (Wildman–Crippen LogP) is 1.20. The van der Waals surface area contributed by atoms with Crippen LogP contribution in [0.15, 0.2) is 0 Å². The molecule has 0 aliphatic carbocycles. The fraction of sp³-hybridized carbons (Fsp3) is 0.833. The second-order valence-electron chi connectivity index (χ2n) is 1.60. The monoisotopic (exact) mass is 112 g/mol. The largest absolute Gasteiger partial charge is 0.299 e. The van der Waals surface area contributed by atoms with Crippen molar-refractivity contribution in [1.29, 1.82) is 0 Å². The molecule has 0 aromatic heterocycles. The van der Waals surface area contributed by atoms with Crippen LogP contribution in [-0.4, -0.2) is 24.7 Å². The third-order valence-corrected chi connectivity index (χ3v) is 1.17. The van der Waals surface area contributed by atoms with Crippen LogP contribution in [0.25, 0.3) is 4.85 Å². The molecule has 46 valence electrons. The Hall–Kier alpha value is -0.550. The first-order valence-electron chi connectivity index (χ1n) is 2.90. The maximum absolute atomic E-state index is 6.52. The molecule has 0 aromatic rings. The Morgan fingerprint density at radius 1 is 1.38 bits per heavy atom. The fourth-order valence-corrected chi connectivity index (χ4v) is 0.524. The molecule has 2 heteroatoms. The van der Waals surface area contributed by atoms with Gasteiger partial charge >= 0.3 is 0 Å². The van der Waals surface area contributed by atoms with Crippen molar-refractivity contribution in [2.45, 2.75) is 13.8 Å². The van der Waals surface area contributed by atoms with E-state index in [0.717, 1.165) is 13.1 Å². The first-order chi connectivity index (χ1) is 3.85. The van der Waals surface area contributed by atoms with Crippen molar-refractivity contribution in [3.05, 3.63) is 11.4 Å². The normalized spacial score (nSPS) is 9.25. The van der Waals surface area contributed by atoms with Gasteiger partial charge in [-0.15, -0.1) is 0 Å². The average Bonchev–Trinajstić information content (AvgIpc) is 1.83. The number of nitrogens with zero attached hydrogens (tertiary/aromatic N) is 2. The molecule has 0 amide bonds. The molecule has 0 atom stereocenters. The van der Waals surface area contributed by atoms with Crippen LogP contribution in [0.3, 0.4) is 0 Å². The molecule has 0 radical (unpaired) electrons. The molecule has 8 heavy (non-hydrogen) atoms. The molecule has 0 heterocycles. The van der Waals surface area contributed by atoms with E-state index < -0.39 is 0 Å². The van der Waals surface area contributed by atoms with Crippen LogP contribution in [0.4, 0.5) is 0 Å². The van der Waals surface area contributed by atoms with E-state index in [9.17, 15) is 0 Å². The lowest BCUT2D eigenvalue weighted by Crippen LogP contribution is -2.21.